The SMILES string of the molecule is C[C@@]1(Cc2ccc(Cl)cc2)Cc2cc(C(=O)NS(=O)(=O)c3cccc([N+](=O)[O-])c3)ccc2O1. The molecule has 0 aromatic heterocycles. The first kappa shape index (κ1) is 22.8. The van der Waals surface area contributed by atoms with Crippen molar-refractivity contribution in [2.24, 2.45) is 0 Å². The molecule has 0 fully saturated rings. The summed E-state index contributed by atoms with van der Waals surface area (Å²) in [5.41, 5.74) is 1.06. The molecule has 4 rings (SSSR count). The van der Waals surface area contributed by atoms with Crippen LogP contribution >= 0.6 is 11.6 Å². The summed E-state index contributed by atoms with van der Waals surface area (Å²) in [6.07, 6.45) is 1.16. The Kier molecular flexibility index (Phi) is 5.85. The van der Waals surface area contributed by atoms with Crippen molar-refractivity contribution >= 4 is 33.2 Å². The van der Waals surface area contributed by atoms with Gasteiger partial charge in [0.1, 0.15) is 11.4 Å². The number of nitro groups is 1. The van der Waals surface area contributed by atoms with Gasteiger partial charge in [-0.05, 0) is 54.4 Å². The van der Waals surface area contributed by atoms with Crippen LogP contribution in [0.3, 0.4) is 0 Å². The second-order valence-electron chi connectivity index (χ2n) is 8.04. The van der Waals surface area contributed by atoms with Gasteiger partial charge in [0, 0.05) is 35.6 Å². The number of ether oxygens (including phenoxy) is 1. The number of amides is 1. The Balaban J connectivity index is 1.50. The van der Waals surface area contributed by atoms with Crippen LogP contribution in [0.5, 0.6) is 5.75 Å². The molecule has 1 aliphatic rings. The van der Waals surface area contributed by atoms with Gasteiger partial charge in [0.25, 0.3) is 21.6 Å². The second kappa shape index (κ2) is 8.49. The van der Waals surface area contributed by atoms with Crippen LogP contribution in [0.2, 0.25) is 5.02 Å². The van der Waals surface area contributed by atoms with Crippen LogP contribution in [0.15, 0.2) is 71.6 Å². The van der Waals surface area contributed by atoms with Gasteiger partial charge in [0.2, 0.25) is 0 Å². The van der Waals surface area contributed by atoms with E-state index in [0.717, 1.165) is 17.2 Å². The first-order valence-corrected chi connectivity index (χ1v) is 11.8. The Morgan fingerprint density at radius 3 is 2.58 bits per heavy atom. The fourth-order valence-electron chi connectivity index (χ4n) is 3.80. The average molecular weight is 487 g/mol. The maximum absolute atomic E-state index is 12.7. The highest BCUT2D eigenvalue weighted by atomic mass is 35.5. The first-order chi connectivity index (χ1) is 15.5. The maximum Gasteiger partial charge on any atom is 0.270 e. The molecular weight excluding hydrogens is 468 g/mol. The quantitative estimate of drug-likeness (QED) is 0.410. The zero-order valence-electron chi connectivity index (χ0n) is 17.4. The summed E-state index contributed by atoms with van der Waals surface area (Å²) >= 11 is 5.95. The Morgan fingerprint density at radius 1 is 1.15 bits per heavy atom. The second-order valence-corrected chi connectivity index (χ2v) is 10.2. The van der Waals surface area contributed by atoms with Gasteiger partial charge in [-0.3, -0.25) is 14.9 Å². The lowest BCUT2D eigenvalue weighted by Crippen LogP contribution is -2.32. The van der Waals surface area contributed by atoms with Crippen molar-refractivity contribution in [3.8, 4) is 5.75 Å². The molecule has 3 aromatic carbocycles. The fourth-order valence-corrected chi connectivity index (χ4v) is 4.94. The van der Waals surface area contributed by atoms with Crippen LogP contribution in [0, 0.1) is 10.1 Å². The number of hydrogen-bond donors (Lipinski definition) is 1. The van der Waals surface area contributed by atoms with Gasteiger partial charge in [-0.1, -0.05) is 29.8 Å². The van der Waals surface area contributed by atoms with E-state index in [0.29, 0.717) is 23.6 Å². The largest absolute Gasteiger partial charge is 0.487 e. The van der Waals surface area contributed by atoms with Crippen molar-refractivity contribution in [2.75, 3.05) is 0 Å². The zero-order chi connectivity index (χ0) is 23.8. The van der Waals surface area contributed by atoms with E-state index in [2.05, 4.69) is 0 Å². The Bertz CT molecular complexity index is 1360. The summed E-state index contributed by atoms with van der Waals surface area (Å²) in [5, 5.41) is 11.6. The van der Waals surface area contributed by atoms with Crippen LogP contribution in [0.1, 0.15) is 28.4 Å². The minimum absolute atomic E-state index is 0.141. The van der Waals surface area contributed by atoms with Crippen molar-refractivity contribution in [1.82, 2.24) is 4.72 Å². The van der Waals surface area contributed by atoms with Crippen LogP contribution in [-0.4, -0.2) is 24.8 Å². The summed E-state index contributed by atoms with van der Waals surface area (Å²) in [4.78, 5) is 22.5. The van der Waals surface area contributed by atoms with Gasteiger partial charge in [-0.25, -0.2) is 13.1 Å². The summed E-state index contributed by atoms with van der Waals surface area (Å²) in [7, 11) is -4.29. The minimum Gasteiger partial charge on any atom is -0.487 e. The van der Waals surface area contributed by atoms with Crippen molar-refractivity contribution in [3.63, 3.8) is 0 Å². The molecule has 0 aliphatic carbocycles. The van der Waals surface area contributed by atoms with Crippen molar-refractivity contribution in [2.45, 2.75) is 30.3 Å². The number of nitrogens with one attached hydrogen (secondary N) is 1. The van der Waals surface area contributed by atoms with Gasteiger partial charge < -0.3 is 4.74 Å². The van der Waals surface area contributed by atoms with Crippen molar-refractivity contribution < 1.29 is 22.9 Å². The Morgan fingerprint density at radius 2 is 1.88 bits per heavy atom. The van der Waals surface area contributed by atoms with Gasteiger partial charge in [0.05, 0.1) is 9.82 Å². The lowest BCUT2D eigenvalue weighted by atomic mass is 9.91. The number of carbonyl (C=O) groups is 1. The highest BCUT2D eigenvalue weighted by Gasteiger charge is 2.35. The number of non-ortho nitro benzene ring substituents is 1. The van der Waals surface area contributed by atoms with E-state index in [1.807, 2.05) is 35.9 Å². The maximum atomic E-state index is 12.7. The van der Waals surface area contributed by atoms with E-state index >= 15 is 0 Å². The fraction of sp³-hybridized carbons (Fsp3) is 0.174. The van der Waals surface area contributed by atoms with E-state index in [1.165, 1.54) is 24.3 Å². The molecule has 0 spiro atoms. The number of carbonyl (C=O) groups excluding carboxylic acids is 1. The standard InChI is InChI=1S/C23H19ClN2O6S/c1-23(13-15-5-8-18(24)9-6-15)14-17-11-16(7-10-21(17)32-23)22(27)25-33(30,31)20-4-2-3-19(12-20)26(28)29/h2-12H,13-14H2,1H3,(H,25,27)/t23-/m1/s1. The van der Waals surface area contributed by atoms with Crippen LogP contribution in [0.4, 0.5) is 5.69 Å². The third-order valence-corrected chi connectivity index (χ3v) is 6.88. The summed E-state index contributed by atoms with van der Waals surface area (Å²) in [5.74, 6) is -0.208. The van der Waals surface area contributed by atoms with Crippen LogP contribution in [0.25, 0.3) is 0 Å². The van der Waals surface area contributed by atoms with E-state index in [4.69, 9.17) is 16.3 Å². The molecular formula is C23H19ClN2O6S. The number of fused-ring (bicyclic) bond motifs is 1. The number of rotatable bonds is 6. The molecule has 0 saturated heterocycles. The molecule has 170 valence electrons. The van der Waals surface area contributed by atoms with E-state index in [1.54, 1.807) is 12.1 Å². The molecule has 0 bridgehead atoms. The van der Waals surface area contributed by atoms with Crippen LogP contribution in [-0.2, 0) is 22.9 Å². The molecule has 1 heterocycles. The third kappa shape index (κ3) is 4.99. The average Bonchev–Trinajstić information content (AvgIpc) is 3.10. The molecule has 1 atom stereocenters. The highest BCUT2D eigenvalue weighted by Crippen LogP contribution is 2.37. The molecule has 8 nitrogen and oxygen atoms in total. The minimum atomic E-state index is -4.29. The summed E-state index contributed by atoms with van der Waals surface area (Å²) in [6, 6.07) is 16.7. The molecule has 33 heavy (non-hydrogen) atoms. The Hall–Kier alpha value is -3.43. The lowest BCUT2D eigenvalue weighted by molar-refractivity contribution is -0.385. The van der Waals surface area contributed by atoms with Crippen LogP contribution < -0.4 is 9.46 Å². The number of benzene rings is 3. The van der Waals surface area contributed by atoms with E-state index in [9.17, 15) is 23.3 Å². The molecule has 0 saturated carbocycles. The molecule has 1 amide bonds. The molecule has 1 aliphatic heterocycles. The first-order valence-electron chi connectivity index (χ1n) is 9.93. The molecule has 1 N–H and O–H groups in total. The van der Waals surface area contributed by atoms with Gasteiger partial charge in [0.15, 0.2) is 0 Å². The van der Waals surface area contributed by atoms with E-state index < -0.39 is 26.5 Å². The number of nitro benzene ring substituents is 1. The molecule has 0 unspecified atom stereocenters. The normalized spacial score (nSPS) is 17.2. The zero-order valence-corrected chi connectivity index (χ0v) is 19.0. The molecule has 0 radical (unpaired) electrons. The highest BCUT2D eigenvalue weighted by molar-refractivity contribution is 7.90. The number of nitrogens with zero attached hydrogens (tertiary/aromatic N) is 1. The monoisotopic (exact) mass is 486 g/mol. The molecule has 3 aromatic rings. The van der Waals surface area contributed by atoms with Crippen molar-refractivity contribution in [1.29, 1.82) is 0 Å². The van der Waals surface area contributed by atoms with Gasteiger partial charge >= 0.3 is 0 Å². The summed E-state index contributed by atoms with van der Waals surface area (Å²) in [6.45, 7) is 1.97. The lowest BCUT2D eigenvalue weighted by Gasteiger charge is -2.24. The Labute approximate surface area is 195 Å². The number of hydrogen-bond acceptors (Lipinski definition) is 6. The third-order valence-electron chi connectivity index (χ3n) is 5.30. The predicted octanol–water partition coefficient (Wildman–Crippen LogP) is 4.30. The predicted molar refractivity (Wildman–Crippen MR) is 122 cm³/mol. The number of sulfonamides is 1. The van der Waals surface area contributed by atoms with E-state index in [-0.39, 0.29) is 16.1 Å². The summed E-state index contributed by atoms with van der Waals surface area (Å²) < 4.78 is 33.2. The topological polar surface area (TPSA) is 116 Å². The number of halogens is 1. The van der Waals surface area contributed by atoms with Gasteiger partial charge in [-0.2, -0.15) is 0 Å². The van der Waals surface area contributed by atoms with Gasteiger partial charge in [-0.15, -0.1) is 0 Å². The van der Waals surface area contributed by atoms with Crippen molar-refractivity contribution in [3.05, 3.63) is 98.6 Å². The smallest absolute Gasteiger partial charge is 0.270 e. The molecule has 10 heteroatoms.